The Hall–Kier alpha value is -1.00. The molecule has 0 saturated heterocycles. The summed E-state index contributed by atoms with van der Waals surface area (Å²) in [6, 6.07) is 9.02. The highest BCUT2D eigenvalue weighted by Crippen LogP contribution is 2.42. The molecule has 3 nitrogen and oxygen atoms in total. The summed E-state index contributed by atoms with van der Waals surface area (Å²) in [6.45, 7) is 0.762. The molecule has 1 aliphatic heterocycles. The van der Waals surface area contributed by atoms with Gasteiger partial charge in [-0.05, 0) is 60.8 Å². The number of hydrogen-bond acceptors (Lipinski definition) is 3. The zero-order valence-electron chi connectivity index (χ0n) is 14.2. The molecule has 3 unspecified atom stereocenters. The number of aryl methyl sites for hydroxylation is 1. The molecule has 3 aliphatic rings. The van der Waals surface area contributed by atoms with E-state index in [-0.39, 0.29) is 11.8 Å². The van der Waals surface area contributed by atoms with Crippen LogP contribution in [0.15, 0.2) is 24.3 Å². The minimum Gasteiger partial charge on any atom is -0.354 e. The van der Waals surface area contributed by atoms with E-state index < -0.39 is 0 Å². The highest BCUT2D eigenvalue weighted by atomic mass is 32.2. The van der Waals surface area contributed by atoms with E-state index >= 15 is 0 Å². The summed E-state index contributed by atoms with van der Waals surface area (Å²) in [6.07, 6.45) is 6.87. The second kappa shape index (κ2) is 7.09. The quantitative estimate of drug-likeness (QED) is 0.885. The van der Waals surface area contributed by atoms with Crippen LogP contribution in [0.25, 0.3) is 0 Å². The van der Waals surface area contributed by atoms with E-state index in [0.717, 1.165) is 31.6 Å². The number of fused-ring (bicyclic) bond motifs is 3. The molecular formula is C20H28N2OS. The molecule has 0 aromatic heterocycles. The first-order valence-electron chi connectivity index (χ1n) is 9.45. The van der Waals surface area contributed by atoms with Crippen molar-refractivity contribution in [2.24, 2.45) is 23.5 Å². The fourth-order valence-corrected chi connectivity index (χ4v) is 6.22. The summed E-state index contributed by atoms with van der Waals surface area (Å²) in [4.78, 5) is 12.7. The van der Waals surface area contributed by atoms with Crippen LogP contribution in [0.5, 0.6) is 0 Å². The van der Waals surface area contributed by atoms with Gasteiger partial charge < -0.3 is 11.1 Å². The molecule has 1 aromatic rings. The zero-order valence-corrected chi connectivity index (χ0v) is 15.1. The molecule has 1 heterocycles. The molecule has 3 atom stereocenters. The number of carbonyl (C=O) groups is 1. The maximum absolute atomic E-state index is 12.7. The lowest BCUT2D eigenvalue weighted by molar-refractivity contribution is -0.127. The average molecular weight is 345 g/mol. The standard InChI is InChI=1S/C20H28N2OS/c21-19-14-5-3-6-15(19)11-16(10-14)20(23)22-12-18-17-7-2-1-4-13(17)8-9-24-18/h1-2,4,7,14-16,18-19H,3,5-6,8-12,21H2,(H,22,23). The minimum atomic E-state index is 0.184. The predicted octanol–water partition coefficient (Wildman–Crippen LogP) is 3.29. The highest BCUT2D eigenvalue weighted by molar-refractivity contribution is 7.99. The van der Waals surface area contributed by atoms with E-state index in [1.54, 1.807) is 0 Å². The van der Waals surface area contributed by atoms with Gasteiger partial charge in [-0.2, -0.15) is 11.8 Å². The summed E-state index contributed by atoms with van der Waals surface area (Å²) in [5.74, 6) is 2.74. The molecule has 2 aliphatic carbocycles. The van der Waals surface area contributed by atoms with Gasteiger partial charge in [0.25, 0.3) is 0 Å². The predicted molar refractivity (Wildman–Crippen MR) is 99.9 cm³/mol. The van der Waals surface area contributed by atoms with Crippen molar-refractivity contribution in [3.8, 4) is 0 Å². The average Bonchev–Trinajstić information content (AvgIpc) is 2.59. The third-order valence-corrected chi connectivity index (χ3v) is 7.60. The van der Waals surface area contributed by atoms with Crippen molar-refractivity contribution in [3.63, 3.8) is 0 Å². The first-order valence-corrected chi connectivity index (χ1v) is 10.5. The second-order valence-electron chi connectivity index (χ2n) is 7.75. The van der Waals surface area contributed by atoms with Gasteiger partial charge in [-0.15, -0.1) is 0 Å². The molecule has 0 spiro atoms. The summed E-state index contributed by atoms with van der Waals surface area (Å²) in [5.41, 5.74) is 9.22. The summed E-state index contributed by atoms with van der Waals surface area (Å²) < 4.78 is 0. The second-order valence-corrected chi connectivity index (χ2v) is 9.06. The maximum atomic E-state index is 12.7. The Kier molecular flexibility index (Phi) is 4.86. The molecule has 2 saturated carbocycles. The van der Waals surface area contributed by atoms with Gasteiger partial charge in [-0.25, -0.2) is 0 Å². The SMILES string of the molecule is NC1C2CCCC1CC(C(=O)NCC1SCCc3ccccc31)C2. The lowest BCUT2D eigenvalue weighted by Gasteiger charge is -2.43. The number of hydrogen-bond donors (Lipinski definition) is 2. The number of amides is 1. The fraction of sp³-hybridized carbons (Fsp3) is 0.650. The van der Waals surface area contributed by atoms with E-state index in [4.69, 9.17) is 5.73 Å². The van der Waals surface area contributed by atoms with E-state index in [2.05, 4.69) is 29.6 Å². The molecule has 130 valence electrons. The van der Waals surface area contributed by atoms with Crippen LogP contribution in [-0.4, -0.2) is 24.2 Å². The Balaban J connectivity index is 1.36. The molecule has 1 amide bonds. The van der Waals surface area contributed by atoms with Gasteiger partial charge in [-0.3, -0.25) is 4.79 Å². The van der Waals surface area contributed by atoms with Gasteiger partial charge >= 0.3 is 0 Å². The molecule has 3 N–H and O–H groups in total. The van der Waals surface area contributed by atoms with Gasteiger partial charge in [0, 0.05) is 23.8 Å². The number of rotatable bonds is 3. The lowest BCUT2D eigenvalue weighted by Crippen LogP contribution is -2.49. The lowest BCUT2D eigenvalue weighted by atomic mass is 9.65. The number of carbonyl (C=O) groups excluding carboxylic acids is 1. The van der Waals surface area contributed by atoms with Gasteiger partial charge in [-0.1, -0.05) is 30.7 Å². The van der Waals surface area contributed by atoms with Gasteiger partial charge in [0.2, 0.25) is 5.91 Å². The van der Waals surface area contributed by atoms with Crippen LogP contribution in [-0.2, 0) is 11.2 Å². The molecule has 4 rings (SSSR count). The third kappa shape index (κ3) is 3.23. The van der Waals surface area contributed by atoms with Crippen molar-refractivity contribution in [2.75, 3.05) is 12.3 Å². The molecule has 0 radical (unpaired) electrons. The molecule has 4 heteroatoms. The van der Waals surface area contributed by atoms with Crippen LogP contribution in [0.1, 0.15) is 48.5 Å². The van der Waals surface area contributed by atoms with E-state index in [9.17, 15) is 4.79 Å². The van der Waals surface area contributed by atoms with Gasteiger partial charge in [0.1, 0.15) is 0 Å². The molecule has 24 heavy (non-hydrogen) atoms. The van der Waals surface area contributed by atoms with Gasteiger partial charge in [0.15, 0.2) is 0 Å². The van der Waals surface area contributed by atoms with Crippen molar-refractivity contribution < 1.29 is 4.79 Å². The van der Waals surface area contributed by atoms with Gasteiger partial charge in [0.05, 0.1) is 0 Å². The van der Waals surface area contributed by atoms with Crippen LogP contribution in [0, 0.1) is 17.8 Å². The monoisotopic (exact) mass is 344 g/mol. The first-order chi connectivity index (χ1) is 11.7. The van der Waals surface area contributed by atoms with Crippen LogP contribution in [0.3, 0.4) is 0 Å². The fourth-order valence-electron chi connectivity index (χ4n) is 4.99. The molecule has 2 bridgehead atoms. The number of nitrogens with one attached hydrogen (secondary N) is 1. The maximum Gasteiger partial charge on any atom is 0.223 e. The number of nitrogens with two attached hydrogens (primary N) is 1. The van der Waals surface area contributed by atoms with Crippen LogP contribution in [0.2, 0.25) is 0 Å². The van der Waals surface area contributed by atoms with Crippen LogP contribution in [0.4, 0.5) is 0 Å². The van der Waals surface area contributed by atoms with E-state index in [1.807, 2.05) is 11.8 Å². The first kappa shape index (κ1) is 16.5. The normalized spacial score (nSPS) is 35.1. The van der Waals surface area contributed by atoms with Crippen molar-refractivity contribution in [1.82, 2.24) is 5.32 Å². The summed E-state index contributed by atoms with van der Waals surface area (Å²) in [7, 11) is 0. The third-order valence-electron chi connectivity index (χ3n) is 6.34. The van der Waals surface area contributed by atoms with E-state index in [1.165, 1.54) is 30.4 Å². The van der Waals surface area contributed by atoms with Crippen molar-refractivity contribution in [2.45, 2.75) is 49.8 Å². The summed E-state index contributed by atoms with van der Waals surface area (Å²) in [5, 5.41) is 3.67. The Labute approximate surface area is 149 Å². The Bertz CT molecular complexity index is 591. The highest BCUT2D eigenvalue weighted by Gasteiger charge is 2.40. The van der Waals surface area contributed by atoms with Crippen molar-refractivity contribution in [1.29, 1.82) is 0 Å². The Morgan fingerprint density at radius 1 is 1.21 bits per heavy atom. The Morgan fingerprint density at radius 3 is 2.75 bits per heavy atom. The number of thioether (sulfide) groups is 1. The number of benzene rings is 1. The largest absolute Gasteiger partial charge is 0.354 e. The topological polar surface area (TPSA) is 55.1 Å². The smallest absolute Gasteiger partial charge is 0.223 e. The van der Waals surface area contributed by atoms with E-state index in [0.29, 0.717) is 23.1 Å². The molecule has 2 fully saturated rings. The van der Waals surface area contributed by atoms with Crippen molar-refractivity contribution in [3.05, 3.63) is 35.4 Å². The minimum absolute atomic E-state index is 0.184. The molecule has 1 aromatic carbocycles. The van der Waals surface area contributed by atoms with Crippen LogP contribution < -0.4 is 11.1 Å². The zero-order chi connectivity index (χ0) is 16.5. The Morgan fingerprint density at radius 2 is 1.96 bits per heavy atom. The molecular weight excluding hydrogens is 316 g/mol. The van der Waals surface area contributed by atoms with Crippen LogP contribution >= 0.6 is 11.8 Å². The summed E-state index contributed by atoms with van der Waals surface area (Å²) >= 11 is 1.98. The van der Waals surface area contributed by atoms with Crippen molar-refractivity contribution >= 4 is 17.7 Å².